The molecule has 0 bridgehead atoms. The van der Waals surface area contributed by atoms with E-state index in [4.69, 9.17) is 14.2 Å². The van der Waals surface area contributed by atoms with E-state index in [1.54, 1.807) is 0 Å². The van der Waals surface area contributed by atoms with Crippen LogP contribution in [0, 0.1) is 10.1 Å². The predicted octanol–water partition coefficient (Wildman–Crippen LogP) is 0.441. The number of hydrogen-bond acceptors (Lipinski definition) is 8. The molecule has 0 aromatic carbocycles. The van der Waals surface area contributed by atoms with Gasteiger partial charge in [0, 0.05) is 6.42 Å². The van der Waals surface area contributed by atoms with E-state index >= 15 is 0 Å². The Labute approximate surface area is 134 Å². The molecule has 1 N–H and O–H groups in total. The highest BCUT2D eigenvalue weighted by molar-refractivity contribution is 5.69. The maximum Gasteiger partial charge on any atom is 0.306 e. The van der Waals surface area contributed by atoms with E-state index < -0.39 is 22.9 Å². The maximum absolute atomic E-state index is 11.6. The number of nitrogens with zero attached hydrogens (tertiary/aromatic N) is 1. The average molecular weight is 332 g/mol. The van der Waals surface area contributed by atoms with E-state index in [1.165, 1.54) is 0 Å². The zero-order valence-corrected chi connectivity index (χ0v) is 13.6. The van der Waals surface area contributed by atoms with Crippen LogP contribution >= 0.6 is 0 Å². The van der Waals surface area contributed by atoms with Crippen molar-refractivity contribution in [3.8, 4) is 0 Å². The Morgan fingerprint density at radius 3 is 2.65 bits per heavy atom. The second-order valence-corrected chi connectivity index (χ2v) is 6.71. The summed E-state index contributed by atoms with van der Waals surface area (Å²) in [4.78, 5) is 26.6. The largest absolute Gasteiger partial charge is 0.460 e. The summed E-state index contributed by atoms with van der Waals surface area (Å²) < 4.78 is 16.3. The van der Waals surface area contributed by atoms with Crippen LogP contribution in [0.3, 0.4) is 0 Å². The summed E-state index contributed by atoms with van der Waals surface area (Å²) in [6.07, 6.45) is -0.397. The van der Waals surface area contributed by atoms with Crippen LogP contribution in [0.1, 0.15) is 33.6 Å². The topological polar surface area (TPSA) is 109 Å². The van der Waals surface area contributed by atoms with Gasteiger partial charge < -0.3 is 24.4 Å². The third-order valence-corrected chi connectivity index (χ3v) is 3.61. The van der Waals surface area contributed by atoms with Gasteiger partial charge in [0.15, 0.2) is 6.10 Å². The molecule has 2 aliphatic heterocycles. The number of fused-ring (bicyclic) bond motifs is 1. The van der Waals surface area contributed by atoms with Crippen LogP contribution in [0.5, 0.6) is 0 Å². The average Bonchev–Trinajstić information content (AvgIpc) is 2.96. The van der Waals surface area contributed by atoms with E-state index in [0.717, 1.165) is 0 Å². The molecule has 0 unspecified atom stereocenters. The molecule has 0 aromatic rings. The Kier molecular flexibility index (Phi) is 5.77. The smallest absolute Gasteiger partial charge is 0.306 e. The molecule has 9 nitrogen and oxygen atoms in total. The van der Waals surface area contributed by atoms with E-state index in [-0.39, 0.29) is 24.7 Å². The summed E-state index contributed by atoms with van der Waals surface area (Å²) in [5.74, 6) is -0.226. The van der Waals surface area contributed by atoms with Crippen molar-refractivity contribution in [1.82, 2.24) is 5.32 Å². The molecule has 23 heavy (non-hydrogen) atoms. The van der Waals surface area contributed by atoms with E-state index in [2.05, 4.69) is 10.2 Å². The lowest BCUT2D eigenvalue weighted by Crippen LogP contribution is -2.42. The van der Waals surface area contributed by atoms with Crippen LogP contribution in [-0.2, 0) is 23.8 Å². The molecule has 0 amide bonds. The molecule has 0 aromatic heterocycles. The summed E-state index contributed by atoms with van der Waals surface area (Å²) in [6.45, 7) is 6.66. The van der Waals surface area contributed by atoms with Crippen molar-refractivity contribution in [2.45, 2.75) is 63.6 Å². The van der Waals surface area contributed by atoms with Gasteiger partial charge in [-0.05, 0) is 33.7 Å². The Morgan fingerprint density at radius 2 is 2.00 bits per heavy atom. The minimum absolute atomic E-state index is 0.0565. The highest BCUT2D eigenvalue weighted by atomic mass is 17.0. The number of carbonyl (C=O) groups is 1. The van der Waals surface area contributed by atoms with Gasteiger partial charge >= 0.3 is 5.97 Å². The molecular weight excluding hydrogens is 308 g/mol. The molecule has 0 saturated carbocycles. The molecule has 132 valence electrons. The lowest BCUT2D eigenvalue weighted by atomic mass is 10.1. The van der Waals surface area contributed by atoms with E-state index in [9.17, 15) is 14.9 Å². The van der Waals surface area contributed by atoms with Crippen LogP contribution in [0.4, 0.5) is 0 Å². The van der Waals surface area contributed by atoms with Crippen LogP contribution in [0.2, 0.25) is 0 Å². The Bertz CT molecular complexity index is 437. The van der Waals surface area contributed by atoms with E-state index in [0.29, 0.717) is 26.0 Å². The van der Waals surface area contributed by atoms with Gasteiger partial charge in [-0.3, -0.25) is 4.79 Å². The third-order valence-electron chi connectivity index (χ3n) is 3.61. The molecule has 2 heterocycles. The first-order valence-electron chi connectivity index (χ1n) is 7.76. The van der Waals surface area contributed by atoms with Crippen LogP contribution in [0.25, 0.3) is 0 Å². The zero-order chi connectivity index (χ0) is 17.0. The molecule has 4 atom stereocenters. The number of nitrogens with one attached hydrogen (secondary N) is 1. The number of hydrogen-bond donors (Lipinski definition) is 1. The van der Waals surface area contributed by atoms with Crippen molar-refractivity contribution >= 4 is 5.97 Å². The van der Waals surface area contributed by atoms with E-state index in [1.807, 2.05) is 20.8 Å². The van der Waals surface area contributed by atoms with Crippen molar-refractivity contribution in [1.29, 1.82) is 0 Å². The van der Waals surface area contributed by atoms with Gasteiger partial charge in [0.2, 0.25) is 0 Å². The quantitative estimate of drug-likeness (QED) is 0.310. The molecule has 0 radical (unpaired) electrons. The third kappa shape index (κ3) is 5.29. The van der Waals surface area contributed by atoms with Gasteiger partial charge in [-0.15, -0.1) is 10.1 Å². The molecule has 2 fully saturated rings. The summed E-state index contributed by atoms with van der Waals surface area (Å²) >= 11 is 0. The van der Waals surface area contributed by atoms with Crippen molar-refractivity contribution in [3.05, 3.63) is 10.1 Å². The molecule has 0 aliphatic carbocycles. The fourth-order valence-corrected chi connectivity index (χ4v) is 2.75. The number of esters is 1. The number of ether oxygens (including phenoxy) is 3. The second kappa shape index (κ2) is 7.41. The van der Waals surface area contributed by atoms with Crippen LogP contribution < -0.4 is 5.32 Å². The minimum atomic E-state index is -0.818. The highest BCUT2D eigenvalue weighted by Crippen LogP contribution is 2.28. The van der Waals surface area contributed by atoms with Crippen molar-refractivity contribution in [2.24, 2.45) is 0 Å². The van der Waals surface area contributed by atoms with Gasteiger partial charge in [-0.1, -0.05) is 0 Å². The molecular formula is C14H24N2O7. The standard InChI is InChI=1S/C14H24N2O7/c1-14(2,3)22-11(17)5-4-6-15-9-7-20-13-10(23-16(18)19)8-21-12(9)13/h9-10,12-13,15H,4-8H2,1-3H3/t9-,10+,12+,13+/m0/s1. The first kappa shape index (κ1) is 17.9. The lowest BCUT2D eigenvalue weighted by molar-refractivity contribution is -0.769. The summed E-state index contributed by atoms with van der Waals surface area (Å²) in [5, 5.41) is 12.9. The minimum Gasteiger partial charge on any atom is -0.460 e. The molecule has 9 heteroatoms. The summed E-state index contributed by atoms with van der Waals surface area (Å²) in [5.41, 5.74) is -0.471. The molecule has 2 saturated heterocycles. The maximum atomic E-state index is 11.6. The van der Waals surface area contributed by atoms with Crippen LogP contribution in [-0.4, -0.2) is 60.8 Å². The number of rotatable bonds is 7. The second-order valence-electron chi connectivity index (χ2n) is 6.71. The Hall–Kier alpha value is -1.45. The van der Waals surface area contributed by atoms with Crippen molar-refractivity contribution < 1.29 is 28.9 Å². The molecule has 2 aliphatic rings. The monoisotopic (exact) mass is 332 g/mol. The van der Waals surface area contributed by atoms with Gasteiger partial charge in [0.05, 0.1) is 19.3 Å². The zero-order valence-electron chi connectivity index (χ0n) is 13.6. The Morgan fingerprint density at radius 1 is 1.30 bits per heavy atom. The Balaban J connectivity index is 1.66. The lowest BCUT2D eigenvalue weighted by Gasteiger charge is -2.20. The first-order valence-corrected chi connectivity index (χ1v) is 7.76. The van der Waals surface area contributed by atoms with Crippen molar-refractivity contribution in [3.63, 3.8) is 0 Å². The number of carbonyl (C=O) groups excluding carboxylic acids is 1. The van der Waals surface area contributed by atoms with Crippen LogP contribution in [0.15, 0.2) is 0 Å². The van der Waals surface area contributed by atoms with Gasteiger partial charge in [-0.25, -0.2) is 0 Å². The predicted molar refractivity (Wildman–Crippen MR) is 78.2 cm³/mol. The fraction of sp³-hybridized carbons (Fsp3) is 0.929. The normalized spacial score (nSPS) is 30.0. The summed E-state index contributed by atoms with van der Waals surface area (Å²) in [7, 11) is 0. The van der Waals surface area contributed by atoms with Crippen molar-refractivity contribution in [2.75, 3.05) is 19.8 Å². The fourth-order valence-electron chi connectivity index (χ4n) is 2.75. The first-order chi connectivity index (χ1) is 10.8. The molecule has 0 spiro atoms. The van der Waals surface area contributed by atoms with Gasteiger partial charge in [-0.2, -0.15) is 0 Å². The molecule has 2 rings (SSSR count). The highest BCUT2D eigenvalue weighted by Gasteiger charge is 2.49. The van der Waals surface area contributed by atoms with Gasteiger partial charge in [0.1, 0.15) is 17.8 Å². The SMILES string of the molecule is CC(C)(C)OC(=O)CCCN[C@H]1CO[C@H]2[C@@H]1OC[C@H]2O[N+](=O)[O-]. The van der Waals surface area contributed by atoms with Gasteiger partial charge in [0.25, 0.3) is 5.09 Å². The summed E-state index contributed by atoms with van der Waals surface area (Å²) in [6, 6.07) is -0.0565.